The van der Waals surface area contributed by atoms with Crippen LogP contribution >= 0.6 is 0 Å². The number of benzene rings is 2. The third-order valence-corrected chi connectivity index (χ3v) is 6.63. The van der Waals surface area contributed by atoms with Gasteiger partial charge in [-0.15, -0.1) is 0 Å². The Labute approximate surface area is 203 Å². The number of hydrogen-bond acceptors (Lipinski definition) is 5. The molecule has 4 rings (SSSR count). The molecule has 0 aromatic heterocycles. The zero-order valence-electron chi connectivity index (χ0n) is 21.3. The zero-order valence-corrected chi connectivity index (χ0v) is 21.3. The number of carbonyl (C=O) groups excluding carboxylic acids is 1. The number of ether oxygens (including phenoxy) is 3. The topological polar surface area (TPSA) is 51.2 Å². The van der Waals surface area contributed by atoms with E-state index >= 15 is 0 Å². The van der Waals surface area contributed by atoms with Crippen molar-refractivity contribution in [3.05, 3.63) is 47.0 Å². The van der Waals surface area contributed by atoms with Crippen LogP contribution in [0.2, 0.25) is 0 Å². The lowest BCUT2D eigenvalue weighted by Crippen LogP contribution is -2.38. The lowest BCUT2D eigenvalue weighted by molar-refractivity contribution is 0.0258. The van der Waals surface area contributed by atoms with Gasteiger partial charge in [-0.05, 0) is 80.8 Å². The van der Waals surface area contributed by atoms with E-state index < -0.39 is 5.60 Å². The van der Waals surface area contributed by atoms with E-state index in [1.807, 2.05) is 31.7 Å². The first-order valence-electron chi connectivity index (χ1n) is 12.3. The highest BCUT2D eigenvalue weighted by Gasteiger charge is 2.30. The van der Waals surface area contributed by atoms with Crippen LogP contribution in [0.25, 0.3) is 11.1 Å². The fourth-order valence-corrected chi connectivity index (χ4v) is 5.10. The Morgan fingerprint density at radius 2 is 1.79 bits per heavy atom. The largest absolute Gasteiger partial charge is 0.497 e. The van der Waals surface area contributed by atoms with E-state index in [0.717, 1.165) is 44.5 Å². The predicted octanol–water partition coefficient (Wildman–Crippen LogP) is 5.10. The number of fused-ring (bicyclic) bond motifs is 2. The van der Waals surface area contributed by atoms with Crippen LogP contribution in [0.5, 0.6) is 5.75 Å². The molecule has 2 aliphatic heterocycles. The molecule has 0 atom stereocenters. The summed E-state index contributed by atoms with van der Waals surface area (Å²) in [4.78, 5) is 17.2. The minimum atomic E-state index is -0.497. The second-order valence-electron chi connectivity index (χ2n) is 10.2. The molecule has 0 unspecified atom stereocenters. The first kappa shape index (κ1) is 24.4. The number of anilines is 1. The number of nitrogens with zero attached hydrogens (tertiary/aromatic N) is 2. The summed E-state index contributed by atoms with van der Waals surface area (Å²) in [6.45, 7) is 9.66. The van der Waals surface area contributed by atoms with Crippen molar-refractivity contribution in [1.29, 1.82) is 0 Å². The van der Waals surface area contributed by atoms with Crippen molar-refractivity contribution < 1.29 is 19.0 Å². The van der Waals surface area contributed by atoms with Crippen LogP contribution in [0.1, 0.15) is 43.9 Å². The van der Waals surface area contributed by atoms with Crippen LogP contribution in [-0.2, 0) is 28.7 Å². The van der Waals surface area contributed by atoms with E-state index in [-0.39, 0.29) is 6.09 Å². The van der Waals surface area contributed by atoms with Gasteiger partial charge in [-0.2, -0.15) is 0 Å². The lowest BCUT2D eigenvalue weighted by Gasteiger charge is -2.35. The molecule has 0 fully saturated rings. The summed E-state index contributed by atoms with van der Waals surface area (Å²) < 4.78 is 16.7. The second kappa shape index (κ2) is 10.3. The fourth-order valence-electron chi connectivity index (χ4n) is 5.10. The molecule has 0 aliphatic carbocycles. The van der Waals surface area contributed by atoms with E-state index in [2.05, 4.69) is 29.2 Å². The van der Waals surface area contributed by atoms with Gasteiger partial charge in [-0.25, -0.2) is 4.79 Å². The normalized spacial score (nSPS) is 15.9. The summed E-state index contributed by atoms with van der Waals surface area (Å²) in [5.41, 5.74) is 7.35. The molecular formula is C28H38N2O4. The predicted molar refractivity (Wildman–Crippen MR) is 136 cm³/mol. The highest BCUT2D eigenvalue weighted by molar-refractivity contribution is 5.86. The van der Waals surface area contributed by atoms with Crippen LogP contribution in [0, 0.1) is 0 Å². The molecule has 0 spiro atoms. The third kappa shape index (κ3) is 5.33. The lowest BCUT2D eigenvalue weighted by atomic mass is 9.85. The number of carbonyl (C=O) groups is 1. The summed E-state index contributed by atoms with van der Waals surface area (Å²) >= 11 is 0. The molecule has 2 aliphatic rings. The van der Waals surface area contributed by atoms with Gasteiger partial charge in [0, 0.05) is 44.5 Å². The van der Waals surface area contributed by atoms with Gasteiger partial charge in [-0.3, -0.25) is 0 Å². The van der Waals surface area contributed by atoms with Crippen molar-refractivity contribution >= 4 is 11.8 Å². The number of methoxy groups -OCH3 is 2. The molecule has 1 amide bonds. The van der Waals surface area contributed by atoms with Crippen molar-refractivity contribution in [3.63, 3.8) is 0 Å². The Morgan fingerprint density at radius 1 is 1.00 bits per heavy atom. The molecule has 6 nitrogen and oxygen atoms in total. The summed E-state index contributed by atoms with van der Waals surface area (Å²) in [5.74, 6) is 0.854. The van der Waals surface area contributed by atoms with Crippen molar-refractivity contribution in [2.24, 2.45) is 0 Å². The smallest absolute Gasteiger partial charge is 0.410 e. The van der Waals surface area contributed by atoms with Gasteiger partial charge in [0.2, 0.25) is 0 Å². The number of hydrogen-bond donors (Lipinski definition) is 0. The molecule has 0 N–H and O–H groups in total. The zero-order chi connectivity index (χ0) is 24.3. The maximum Gasteiger partial charge on any atom is 0.410 e. The van der Waals surface area contributed by atoms with Gasteiger partial charge >= 0.3 is 6.09 Å². The molecule has 0 saturated carbocycles. The van der Waals surface area contributed by atoms with Crippen molar-refractivity contribution in [3.8, 4) is 16.9 Å². The van der Waals surface area contributed by atoms with E-state index in [1.165, 1.54) is 33.5 Å². The minimum absolute atomic E-state index is 0.227. The summed E-state index contributed by atoms with van der Waals surface area (Å²) in [5, 5.41) is 0. The van der Waals surface area contributed by atoms with Gasteiger partial charge in [-0.1, -0.05) is 18.2 Å². The van der Waals surface area contributed by atoms with E-state index in [0.29, 0.717) is 19.7 Å². The maximum atomic E-state index is 12.8. The molecule has 0 radical (unpaired) electrons. The summed E-state index contributed by atoms with van der Waals surface area (Å²) in [6.07, 6.45) is 3.61. The van der Waals surface area contributed by atoms with E-state index in [4.69, 9.17) is 14.2 Å². The average molecular weight is 467 g/mol. The van der Waals surface area contributed by atoms with Crippen LogP contribution in [0.3, 0.4) is 0 Å². The number of aryl methyl sites for hydroxylation is 1. The van der Waals surface area contributed by atoms with Gasteiger partial charge in [0.1, 0.15) is 11.4 Å². The molecule has 34 heavy (non-hydrogen) atoms. The molecule has 0 bridgehead atoms. The van der Waals surface area contributed by atoms with Crippen molar-refractivity contribution in [1.82, 2.24) is 4.90 Å². The molecule has 2 heterocycles. The van der Waals surface area contributed by atoms with Gasteiger partial charge in [0.15, 0.2) is 0 Å². The van der Waals surface area contributed by atoms with Crippen LogP contribution in [0.4, 0.5) is 10.5 Å². The van der Waals surface area contributed by atoms with Crippen LogP contribution < -0.4 is 9.64 Å². The van der Waals surface area contributed by atoms with E-state index in [1.54, 1.807) is 14.2 Å². The molecule has 184 valence electrons. The Hall–Kier alpha value is -2.73. The monoisotopic (exact) mass is 466 g/mol. The molecular weight excluding hydrogens is 428 g/mol. The van der Waals surface area contributed by atoms with Gasteiger partial charge in [0.05, 0.1) is 13.7 Å². The third-order valence-electron chi connectivity index (χ3n) is 6.63. The van der Waals surface area contributed by atoms with Crippen LogP contribution in [0.15, 0.2) is 30.3 Å². The summed E-state index contributed by atoms with van der Waals surface area (Å²) in [7, 11) is 3.47. The van der Waals surface area contributed by atoms with Crippen LogP contribution in [-0.4, -0.2) is 63.6 Å². The highest BCUT2D eigenvalue weighted by Crippen LogP contribution is 2.43. The SMILES string of the molecule is COCCN1CCCc2cc3c(c(-c4cccc(OC)c4)c21)CCN(C(=O)OC(C)(C)C)CC3. The Bertz CT molecular complexity index is 1030. The van der Waals surface area contributed by atoms with Gasteiger partial charge in [0.25, 0.3) is 0 Å². The first-order valence-corrected chi connectivity index (χ1v) is 12.3. The molecule has 2 aromatic rings. The maximum absolute atomic E-state index is 12.8. The number of rotatable bonds is 5. The quantitative estimate of drug-likeness (QED) is 0.614. The fraction of sp³-hybridized carbons (Fsp3) is 0.536. The number of amides is 1. The Morgan fingerprint density at radius 3 is 2.53 bits per heavy atom. The van der Waals surface area contributed by atoms with Gasteiger partial charge < -0.3 is 24.0 Å². The van der Waals surface area contributed by atoms with E-state index in [9.17, 15) is 4.79 Å². The van der Waals surface area contributed by atoms with Crippen molar-refractivity contribution in [2.45, 2.75) is 52.1 Å². The summed E-state index contributed by atoms with van der Waals surface area (Å²) in [6, 6.07) is 10.8. The minimum Gasteiger partial charge on any atom is -0.497 e. The first-order chi connectivity index (χ1) is 16.3. The van der Waals surface area contributed by atoms with Crippen molar-refractivity contribution in [2.75, 3.05) is 51.9 Å². The average Bonchev–Trinajstić information content (AvgIpc) is 3.02. The highest BCUT2D eigenvalue weighted by atomic mass is 16.6. The molecule has 2 aromatic carbocycles. The Balaban J connectivity index is 1.79. The second-order valence-corrected chi connectivity index (χ2v) is 10.2. The molecule has 0 saturated heterocycles. The Kier molecular flexibility index (Phi) is 7.36. The molecule has 6 heteroatoms. The standard InChI is InChI=1S/C28H38N2O4/c1-28(2,3)34-27(31)30-14-11-20-18-22-9-7-13-29(16-17-32-4)26(22)25(24(20)12-15-30)21-8-6-10-23(19-21)33-5/h6,8,10,18-19H,7,9,11-17H2,1-5H3.